The number of nitrogens with one attached hydrogen (secondary N) is 1. The van der Waals surface area contributed by atoms with Crippen molar-refractivity contribution in [3.8, 4) is 0 Å². The van der Waals surface area contributed by atoms with Crippen LogP contribution in [0.4, 0.5) is 0 Å². The van der Waals surface area contributed by atoms with Crippen LogP contribution in [0.2, 0.25) is 0 Å². The molecule has 0 aliphatic carbocycles. The van der Waals surface area contributed by atoms with Gasteiger partial charge in [-0.1, -0.05) is 28.1 Å². The maximum Gasteiger partial charge on any atom is 0.169 e. The van der Waals surface area contributed by atoms with Gasteiger partial charge >= 0.3 is 0 Å². The summed E-state index contributed by atoms with van der Waals surface area (Å²) in [5, 5.41) is 3.52. The Hall–Kier alpha value is -0.580. The van der Waals surface area contributed by atoms with Crippen molar-refractivity contribution >= 4 is 31.9 Å². The van der Waals surface area contributed by atoms with Gasteiger partial charge < -0.3 is 9.73 Å². The van der Waals surface area contributed by atoms with Crippen molar-refractivity contribution in [3.63, 3.8) is 0 Å². The molecule has 4 heteroatoms. The van der Waals surface area contributed by atoms with E-state index >= 15 is 0 Å². The standard InChI is InChI=1S/C14H15Br2NO/c1-9(11-4-3-5-12(15)8-11)17-10(2)13-6-7-14(16)18-13/h3-10,17H,1-2H3. The van der Waals surface area contributed by atoms with Gasteiger partial charge in [-0.15, -0.1) is 0 Å². The van der Waals surface area contributed by atoms with E-state index in [0.717, 1.165) is 14.9 Å². The molecule has 2 aromatic rings. The normalized spacial score (nSPS) is 14.4. The molecular weight excluding hydrogens is 358 g/mol. The predicted octanol–water partition coefficient (Wildman–Crippen LogP) is 5.22. The summed E-state index contributed by atoms with van der Waals surface area (Å²) < 4.78 is 7.41. The van der Waals surface area contributed by atoms with E-state index in [4.69, 9.17) is 4.42 Å². The van der Waals surface area contributed by atoms with Gasteiger partial charge in [0, 0.05) is 10.5 Å². The number of hydrogen-bond acceptors (Lipinski definition) is 2. The minimum atomic E-state index is 0.172. The van der Waals surface area contributed by atoms with E-state index in [1.165, 1.54) is 5.56 Å². The Bertz CT molecular complexity index is 524. The molecule has 1 N–H and O–H groups in total. The Morgan fingerprint density at radius 2 is 1.83 bits per heavy atom. The van der Waals surface area contributed by atoms with Crippen molar-refractivity contribution in [1.29, 1.82) is 0 Å². The number of halogens is 2. The molecule has 0 aliphatic heterocycles. The molecule has 0 spiro atoms. The molecule has 2 unspecified atom stereocenters. The van der Waals surface area contributed by atoms with E-state index in [1.807, 2.05) is 24.3 Å². The summed E-state index contributed by atoms with van der Waals surface area (Å²) in [5.74, 6) is 0.934. The second kappa shape index (κ2) is 6.04. The highest BCUT2D eigenvalue weighted by atomic mass is 79.9. The molecule has 0 bridgehead atoms. The maximum absolute atomic E-state index is 5.55. The molecule has 1 aromatic carbocycles. The Labute approximate surface area is 124 Å². The van der Waals surface area contributed by atoms with Crippen molar-refractivity contribution < 1.29 is 4.42 Å². The van der Waals surface area contributed by atoms with Crippen LogP contribution in [0.3, 0.4) is 0 Å². The van der Waals surface area contributed by atoms with Crippen LogP contribution in [0, 0.1) is 0 Å². The lowest BCUT2D eigenvalue weighted by atomic mass is 10.1. The van der Waals surface area contributed by atoms with E-state index in [-0.39, 0.29) is 12.1 Å². The van der Waals surface area contributed by atoms with Crippen LogP contribution in [0.25, 0.3) is 0 Å². The topological polar surface area (TPSA) is 25.2 Å². The Morgan fingerprint density at radius 3 is 2.44 bits per heavy atom. The minimum absolute atomic E-state index is 0.172. The number of furan rings is 1. The molecule has 0 saturated heterocycles. The van der Waals surface area contributed by atoms with Gasteiger partial charge in [-0.3, -0.25) is 0 Å². The molecule has 0 saturated carbocycles. The highest BCUT2D eigenvalue weighted by molar-refractivity contribution is 9.10. The molecule has 2 rings (SSSR count). The summed E-state index contributed by atoms with van der Waals surface area (Å²) in [6.45, 7) is 4.25. The second-order valence-corrected chi connectivity index (χ2v) is 6.00. The van der Waals surface area contributed by atoms with E-state index in [2.05, 4.69) is 63.2 Å². The summed E-state index contributed by atoms with van der Waals surface area (Å²) >= 11 is 6.81. The SMILES string of the molecule is CC(NC(C)c1ccc(Br)o1)c1cccc(Br)c1. The first-order valence-electron chi connectivity index (χ1n) is 5.83. The van der Waals surface area contributed by atoms with Gasteiger partial charge in [-0.25, -0.2) is 0 Å². The van der Waals surface area contributed by atoms with Crippen LogP contribution in [0.1, 0.15) is 37.3 Å². The molecular formula is C14H15Br2NO. The third kappa shape index (κ3) is 3.46. The van der Waals surface area contributed by atoms with Crippen LogP contribution >= 0.6 is 31.9 Å². The van der Waals surface area contributed by atoms with Crippen molar-refractivity contribution in [2.75, 3.05) is 0 Å². The van der Waals surface area contributed by atoms with E-state index in [0.29, 0.717) is 0 Å². The fourth-order valence-electron chi connectivity index (χ4n) is 1.89. The highest BCUT2D eigenvalue weighted by Crippen LogP contribution is 2.24. The Balaban J connectivity index is 2.05. The zero-order valence-corrected chi connectivity index (χ0v) is 13.5. The van der Waals surface area contributed by atoms with Crippen LogP contribution < -0.4 is 5.32 Å². The molecule has 0 fully saturated rings. The molecule has 2 nitrogen and oxygen atoms in total. The lowest BCUT2D eigenvalue weighted by molar-refractivity contribution is 0.394. The third-order valence-corrected chi connectivity index (χ3v) is 3.79. The Kier molecular flexibility index (Phi) is 4.65. The van der Waals surface area contributed by atoms with Crippen molar-refractivity contribution in [2.45, 2.75) is 25.9 Å². The summed E-state index contributed by atoms with van der Waals surface area (Å²) in [6, 6.07) is 12.7. The van der Waals surface area contributed by atoms with E-state index in [9.17, 15) is 0 Å². The summed E-state index contributed by atoms with van der Waals surface area (Å²) in [4.78, 5) is 0. The highest BCUT2D eigenvalue weighted by Gasteiger charge is 2.14. The first kappa shape index (κ1) is 13.8. The van der Waals surface area contributed by atoms with Gasteiger partial charge in [-0.2, -0.15) is 0 Å². The van der Waals surface area contributed by atoms with Crippen molar-refractivity contribution in [1.82, 2.24) is 5.32 Å². The van der Waals surface area contributed by atoms with Gasteiger partial charge in [0.05, 0.1) is 6.04 Å². The van der Waals surface area contributed by atoms with E-state index in [1.54, 1.807) is 0 Å². The second-order valence-electron chi connectivity index (χ2n) is 4.31. The maximum atomic E-state index is 5.55. The zero-order chi connectivity index (χ0) is 13.1. The van der Waals surface area contributed by atoms with Gasteiger partial charge in [0.25, 0.3) is 0 Å². The zero-order valence-electron chi connectivity index (χ0n) is 10.3. The quantitative estimate of drug-likeness (QED) is 0.796. The number of benzene rings is 1. The molecule has 0 radical (unpaired) electrons. The van der Waals surface area contributed by atoms with Crippen LogP contribution in [0.5, 0.6) is 0 Å². The fourth-order valence-corrected chi connectivity index (χ4v) is 2.63. The molecule has 0 aliphatic rings. The Morgan fingerprint density at radius 1 is 1.06 bits per heavy atom. The number of hydrogen-bond donors (Lipinski definition) is 1. The summed E-state index contributed by atoms with van der Waals surface area (Å²) in [5.41, 5.74) is 1.25. The lowest BCUT2D eigenvalue weighted by Gasteiger charge is -2.19. The number of rotatable bonds is 4. The molecule has 1 aromatic heterocycles. The average Bonchev–Trinajstić information content (AvgIpc) is 2.76. The predicted molar refractivity (Wildman–Crippen MR) is 80.5 cm³/mol. The third-order valence-electron chi connectivity index (χ3n) is 2.87. The first-order valence-corrected chi connectivity index (χ1v) is 7.41. The summed E-state index contributed by atoms with van der Waals surface area (Å²) in [6.07, 6.45) is 0. The van der Waals surface area contributed by atoms with Crippen LogP contribution in [-0.4, -0.2) is 0 Å². The van der Waals surface area contributed by atoms with Crippen molar-refractivity contribution in [3.05, 3.63) is 56.9 Å². The first-order chi connectivity index (χ1) is 8.56. The monoisotopic (exact) mass is 371 g/mol. The van der Waals surface area contributed by atoms with Crippen LogP contribution in [-0.2, 0) is 0 Å². The van der Waals surface area contributed by atoms with Gasteiger partial charge in [0.15, 0.2) is 4.67 Å². The molecule has 18 heavy (non-hydrogen) atoms. The summed E-state index contributed by atoms with van der Waals surface area (Å²) in [7, 11) is 0. The fraction of sp³-hybridized carbons (Fsp3) is 0.286. The molecule has 96 valence electrons. The largest absolute Gasteiger partial charge is 0.453 e. The van der Waals surface area contributed by atoms with Gasteiger partial charge in [0.1, 0.15) is 5.76 Å². The average molecular weight is 373 g/mol. The van der Waals surface area contributed by atoms with Crippen LogP contribution in [0.15, 0.2) is 50.0 Å². The molecule has 1 heterocycles. The molecule has 0 amide bonds. The molecule has 2 atom stereocenters. The van der Waals surface area contributed by atoms with Crippen molar-refractivity contribution in [2.24, 2.45) is 0 Å². The van der Waals surface area contributed by atoms with E-state index < -0.39 is 0 Å². The van der Waals surface area contributed by atoms with Gasteiger partial charge in [0.2, 0.25) is 0 Å². The minimum Gasteiger partial charge on any atom is -0.453 e. The lowest BCUT2D eigenvalue weighted by Crippen LogP contribution is -2.22. The smallest absolute Gasteiger partial charge is 0.169 e. The van der Waals surface area contributed by atoms with Gasteiger partial charge in [-0.05, 0) is 59.6 Å².